The van der Waals surface area contributed by atoms with Crippen molar-refractivity contribution >= 4 is 92.8 Å². The maximum Gasteiger partial charge on any atom is 0.149 e. The maximum atomic E-state index is 6.05. The molecule has 0 aliphatic carbocycles. The Labute approximate surface area is 160 Å². The summed E-state index contributed by atoms with van der Waals surface area (Å²) in [6.45, 7) is 0. The van der Waals surface area contributed by atoms with Crippen LogP contribution in [0, 0.1) is 0 Å². The van der Waals surface area contributed by atoms with Gasteiger partial charge in [-0.1, -0.05) is 92.8 Å². The van der Waals surface area contributed by atoms with Crippen molar-refractivity contribution < 1.29 is 4.74 Å². The predicted molar refractivity (Wildman–Crippen MR) is 93.0 cm³/mol. The summed E-state index contributed by atoms with van der Waals surface area (Å²) in [7, 11) is 0. The molecule has 1 nitrogen and oxygen atoms in total. The van der Waals surface area contributed by atoms with E-state index in [0.29, 0.717) is 0 Å². The topological polar surface area (TPSA) is 9.23 Å². The molecule has 2 aromatic rings. The van der Waals surface area contributed by atoms with Gasteiger partial charge in [-0.05, 0) is 0 Å². The van der Waals surface area contributed by atoms with E-state index in [1.54, 1.807) is 0 Å². The van der Waals surface area contributed by atoms with Gasteiger partial charge >= 0.3 is 0 Å². The number of hydrogen-bond acceptors (Lipinski definition) is 1. The normalized spacial score (nSPS) is 10.9. The molecule has 0 spiro atoms. The summed E-state index contributed by atoms with van der Waals surface area (Å²) >= 11 is 47.6. The SMILES string of the molecule is Clc1cc(Oc2cc(Cl)c(Cl)c(Cl)c2Cl)c(Cl)c(Cl)c1Cl. The quantitative estimate of drug-likeness (QED) is 0.332. The van der Waals surface area contributed by atoms with E-state index in [1.165, 1.54) is 12.1 Å². The fraction of sp³-hybridized carbons (Fsp3) is 0. The molecule has 0 amide bonds. The van der Waals surface area contributed by atoms with Crippen LogP contribution in [0.15, 0.2) is 12.1 Å². The van der Waals surface area contributed by atoms with Gasteiger partial charge in [-0.15, -0.1) is 0 Å². The molecule has 2 rings (SSSR count). The third-order valence-corrected chi connectivity index (χ3v) is 5.83. The van der Waals surface area contributed by atoms with Gasteiger partial charge in [0.2, 0.25) is 0 Å². The summed E-state index contributed by atoms with van der Waals surface area (Å²) in [5.74, 6) is 0.292. The first-order valence-electron chi connectivity index (χ1n) is 5.07. The fourth-order valence-electron chi connectivity index (χ4n) is 1.37. The van der Waals surface area contributed by atoms with Crippen LogP contribution < -0.4 is 4.74 Å². The van der Waals surface area contributed by atoms with Crippen molar-refractivity contribution in [3.63, 3.8) is 0 Å². The Morgan fingerprint density at radius 1 is 0.476 bits per heavy atom. The van der Waals surface area contributed by atoms with Gasteiger partial charge in [0.05, 0.1) is 30.1 Å². The van der Waals surface area contributed by atoms with Crippen LogP contribution in [0.3, 0.4) is 0 Å². The summed E-state index contributed by atoms with van der Waals surface area (Å²) in [6, 6.07) is 2.79. The van der Waals surface area contributed by atoms with Gasteiger partial charge < -0.3 is 4.74 Å². The first kappa shape index (κ1) is 17.9. The van der Waals surface area contributed by atoms with Crippen molar-refractivity contribution in [1.82, 2.24) is 0 Å². The molecular formula is C12H2Cl8O. The lowest BCUT2D eigenvalue weighted by Gasteiger charge is -2.13. The molecule has 21 heavy (non-hydrogen) atoms. The van der Waals surface area contributed by atoms with E-state index in [9.17, 15) is 0 Å². The van der Waals surface area contributed by atoms with Crippen LogP contribution in [0.4, 0.5) is 0 Å². The van der Waals surface area contributed by atoms with Crippen LogP contribution in [0.1, 0.15) is 0 Å². The molecule has 9 heteroatoms. The van der Waals surface area contributed by atoms with Crippen LogP contribution in [-0.4, -0.2) is 0 Å². The number of hydrogen-bond donors (Lipinski definition) is 0. The zero-order valence-electron chi connectivity index (χ0n) is 9.59. The molecule has 0 unspecified atom stereocenters. The molecule has 0 saturated heterocycles. The Hall–Kier alpha value is 0.560. The van der Waals surface area contributed by atoms with Crippen LogP contribution in [-0.2, 0) is 0 Å². The average Bonchev–Trinajstić information content (AvgIpc) is 2.45. The molecule has 0 bridgehead atoms. The largest absolute Gasteiger partial charge is 0.454 e. The van der Waals surface area contributed by atoms with E-state index in [1.807, 2.05) is 0 Å². The van der Waals surface area contributed by atoms with Crippen molar-refractivity contribution in [1.29, 1.82) is 0 Å². The Morgan fingerprint density at radius 3 is 1.14 bits per heavy atom. The van der Waals surface area contributed by atoms with Crippen molar-refractivity contribution in [3.8, 4) is 11.5 Å². The van der Waals surface area contributed by atoms with E-state index >= 15 is 0 Å². The Kier molecular flexibility index (Phi) is 5.96. The fourth-order valence-corrected chi connectivity index (χ4v) is 3.01. The van der Waals surface area contributed by atoms with Crippen LogP contribution in [0.5, 0.6) is 11.5 Å². The molecule has 0 saturated carbocycles. The lowest BCUT2D eigenvalue weighted by atomic mass is 10.3. The highest BCUT2D eigenvalue weighted by molar-refractivity contribution is 6.53. The van der Waals surface area contributed by atoms with Gasteiger partial charge in [0.1, 0.15) is 21.5 Å². The standard InChI is InChI=1S/C12H2Cl8O/c13-3-1-5(9(17)11(19)7(3)15)21-6-2-4(14)8(16)12(20)10(6)18/h1-2H. The highest BCUT2D eigenvalue weighted by Crippen LogP contribution is 2.47. The zero-order valence-corrected chi connectivity index (χ0v) is 15.6. The second kappa shape index (κ2) is 6.98. The number of halogens is 8. The number of rotatable bonds is 2. The minimum absolute atomic E-state index is 0.0584. The van der Waals surface area contributed by atoms with Crippen LogP contribution in [0.25, 0.3) is 0 Å². The first-order valence-corrected chi connectivity index (χ1v) is 8.10. The van der Waals surface area contributed by atoms with E-state index in [2.05, 4.69) is 0 Å². The molecule has 0 fully saturated rings. The lowest BCUT2D eigenvalue weighted by Crippen LogP contribution is -1.90. The molecule has 0 aliphatic heterocycles. The van der Waals surface area contributed by atoms with Gasteiger partial charge in [0, 0.05) is 12.1 Å². The molecular weight excluding hydrogens is 444 g/mol. The third-order valence-electron chi connectivity index (χ3n) is 2.36. The predicted octanol–water partition coefficient (Wildman–Crippen LogP) is 8.71. The summed E-state index contributed by atoms with van der Waals surface area (Å²) in [6.07, 6.45) is 0. The smallest absolute Gasteiger partial charge is 0.149 e. The van der Waals surface area contributed by atoms with Crippen molar-refractivity contribution in [2.75, 3.05) is 0 Å². The average molecular weight is 446 g/mol. The summed E-state index contributed by atoms with van der Waals surface area (Å²) < 4.78 is 5.55. The van der Waals surface area contributed by atoms with Gasteiger partial charge in [0.15, 0.2) is 0 Å². The number of ether oxygens (including phenoxy) is 1. The molecule has 0 aromatic heterocycles. The van der Waals surface area contributed by atoms with Crippen LogP contribution in [0.2, 0.25) is 40.2 Å². The minimum Gasteiger partial charge on any atom is -0.454 e. The first-order chi connectivity index (χ1) is 9.73. The third kappa shape index (κ3) is 3.57. The van der Waals surface area contributed by atoms with Gasteiger partial charge in [-0.25, -0.2) is 0 Å². The Morgan fingerprint density at radius 2 is 0.810 bits per heavy atom. The molecule has 0 atom stereocenters. The van der Waals surface area contributed by atoms with E-state index in [0.717, 1.165) is 0 Å². The maximum absolute atomic E-state index is 6.05. The number of benzene rings is 2. The minimum atomic E-state index is 0.0584. The summed E-state index contributed by atoms with van der Waals surface area (Å²) in [5, 5.41) is 0.842. The van der Waals surface area contributed by atoms with Crippen molar-refractivity contribution in [2.24, 2.45) is 0 Å². The highest BCUT2D eigenvalue weighted by Gasteiger charge is 2.19. The van der Waals surface area contributed by atoms with Gasteiger partial charge in [-0.2, -0.15) is 0 Å². The molecule has 0 N–H and O–H groups in total. The summed E-state index contributed by atoms with van der Waals surface area (Å²) in [4.78, 5) is 0. The monoisotopic (exact) mass is 442 g/mol. The summed E-state index contributed by atoms with van der Waals surface area (Å²) in [5.41, 5.74) is 0. The zero-order chi connectivity index (χ0) is 15.9. The highest BCUT2D eigenvalue weighted by atomic mass is 35.5. The van der Waals surface area contributed by atoms with Crippen molar-refractivity contribution in [3.05, 3.63) is 52.3 Å². The Bertz CT molecular complexity index is 667. The molecule has 0 aliphatic rings. The molecule has 0 heterocycles. The lowest BCUT2D eigenvalue weighted by molar-refractivity contribution is 0.483. The molecule has 0 radical (unpaired) electrons. The van der Waals surface area contributed by atoms with Gasteiger partial charge in [0.25, 0.3) is 0 Å². The van der Waals surface area contributed by atoms with Crippen LogP contribution >= 0.6 is 92.8 Å². The van der Waals surface area contributed by atoms with E-state index < -0.39 is 0 Å². The Balaban J connectivity index is 2.54. The second-order valence-electron chi connectivity index (χ2n) is 3.70. The second-order valence-corrected chi connectivity index (χ2v) is 6.78. The van der Waals surface area contributed by atoms with E-state index in [4.69, 9.17) is 97.5 Å². The van der Waals surface area contributed by atoms with Crippen molar-refractivity contribution in [2.45, 2.75) is 0 Å². The van der Waals surface area contributed by atoms with Gasteiger partial charge in [-0.3, -0.25) is 0 Å². The molecule has 112 valence electrons. The van der Waals surface area contributed by atoms with E-state index in [-0.39, 0.29) is 51.7 Å². The molecule has 2 aromatic carbocycles.